The van der Waals surface area contributed by atoms with Gasteiger partial charge >= 0.3 is 0 Å². The Bertz CT molecular complexity index is 784. The van der Waals surface area contributed by atoms with Gasteiger partial charge in [-0.25, -0.2) is 0 Å². The third kappa shape index (κ3) is 2.75. The van der Waals surface area contributed by atoms with E-state index in [2.05, 4.69) is 26.9 Å². The second-order valence-electron chi connectivity index (χ2n) is 5.31. The summed E-state index contributed by atoms with van der Waals surface area (Å²) in [5.74, 6) is 1.61. The first kappa shape index (κ1) is 14.0. The second kappa shape index (κ2) is 6.24. The first-order valence-electron chi connectivity index (χ1n) is 7.36. The highest BCUT2D eigenvalue weighted by Gasteiger charge is 2.17. The molecule has 5 nitrogen and oxygen atoms in total. The van der Waals surface area contributed by atoms with Crippen molar-refractivity contribution in [1.29, 1.82) is 10.5 Å². The molecular weight excluding hydrogens is 274 g/mol. The van der Waals surface area contributed by atoms with Gasteiger partial charge in [-0.2, -0.15) is 10.5 Å². The van der Waals surface area contributed by atoms with E-state index in [1.807, 2.05) is 12.1 Å². The SMILES string of the molecule is N#CC(=Cc1ccc(C#N)cc1)c1nnc2n1CCCCC2. The molecule has 0 fully saturated rings. The molecule has 0 atom stereocenters. The maximum Gasteiger partial charge on any atom is 0.174 e. The molecule has 1 aromatic carbocycles. The molecule has 2 aromatic rings. The van der Waals surface area contributed by atoms with E-state index in [9.17, 15) is 5.26 Å². The summed E-state index contributed by atoms with van der Waals surface area (Å²) in [4.78, 5) is 0. The van der Waals surface area contributed by atoms with Crippen molar-refractivity contribution in [3.8, 4) is 12.1 Å². The van der Waals surface area contributed by atoms with Crippen LogP contribution in [0, 0.1) is 22.7 Å². The lowest BCUT2D eigenvalue weighted by Gasteiger charge is -2.05. The average molecular weight is 289 g/mol. The maximum absolute atomic E-state index is 9.48. The summed E-state index contributed by atoms with van der Waals surface area (Å²) in [5.41, 5.74) is 1.99. The normalized spacial score (nSPS) is 14.5. The van der Waals surface area contributed by atoms with Crippen LogP contribution in [0.3, 0.4) is 0 Å². The van der Waals surface area contributed by atoms with Crippen LogP contribution >= 0.6 is 0 Å². The van der Waals surface area contributed by atoms with Gasteiger partial charge in [0.05, 0.1) is 17.2 Å². The van der Waals surface area contributed by atoms with Gasteiger partial charge < -0.3 is 4.57 Å². The molecule has 0 bridgehead atoms. The number of hydrogen-bond acceptors (Lipinski definition) is 4. The number of nitriles is 2. The minimum atomic E-state index is 0.505. The van der Waals surface area contributed by atoms with Gasteiger partial charge in [-0.15, -0.1) is 10.2 Å². The van der Waals surface area contributed by atoms with Crippen LogP contribution in [0.2, 0.25) is 0 Å². The molecule has 108 valence electrons. The monoisotopic (exact) mass is 289 g/mol. The summed E-state index contributed by atoms with van der Waals surface area (Å²) in [6.07, 6.45) is 6.11. The quantitative estimate of drug-likeness (QED) is 0.796. The minimum Gasteiger partial charge on any atom is -0.310 e. The van der Waals surface area contributed by atoms with E-state index in [1.165, 1.54) is 6.42 Å². The molecule has 0 spiro atoms. The molecule has 0 saturated heterocycles. The number of benzene rings is 1. The highest BCUT2D eigenvalue weighted by atomic mass is 15.3. The first-order valence-corrected chi connectivity index (χ1v) is 7.36. The zero-order valence-corrected chi connectivity index (χ0v) is 12.2. The van der Waals surface area contributed by atoms with E-state index in [4.69, 9.17) is 5.26 Å². The highest BCUT2D eigenvalue weighted by Crippen LogP contribution is 2.21. The smallest absolute Gasteiger partial charge is 0.174 e. The molecule has 0 aliphatic carbocycles. The predicted molar refractivity (Wildman–Crippen MR) is 82.2 cm³/mol. The van der Waals surface area contributed by atoms with Crippen molar-refractivity contribution in [2.75, 3.05) is 0 Å². The van der Waals surface area contributed by atoms with E-state index in [-0.39, 0.29) is 0 Å². The zero-order chi connectivity index (χ0) is 15.4. The minimum absolute atomic E-state index is 0.505. The number of aromatic nitrogens is 3. The standard InChI is InChI=1S/C17H15N5/c18-11-14-7-5-13(6-8-14)10-15(12-19)17-21-20-16-4-2-1-3-9-22(16)17/h5-8,10H,1-4,9H2. The van der Waals surface area contributed by atoms with E-state index >= 15 is 0 Å². The molecule has 2 heterocycles. The van der Waals surface area contributed by atoms with Crippen molar-refractivity contribution in [3.05, 3.63) is 47.0 Å². The molecule has 0 amide bonds. The van der Waals surface area contributed by atoms with Gasteiger partial charge in [0, 0.05) is 13.0 Å². The Hall–Kier alpha value is -2.92. The average Bonchev–Trinajstić information content (AvgIpc) is 2.81. The summed E-state index contributed by atoms with van der Waals surface area (Å²) in [6, 6.07) is 11.4. The molecular formula is C17H15N5. The molecule has 0 unspecified atom stereocenters. The molecule has 1 aliphatic rings. The van der Waals surface area contributed by atoms with Crippen LogP contribution in [0.1, 0.15) is 42.0 Å². The topological polar surface area (TPSA) is 78.3 Å². The Balaban J connectivity index is 1.97. The van der Waals surface area contributed by atoms with Gasteiger partial charge in [0.2, 0.25) is 0 Å². The van der Waals surface area contributed by atoms with Crippen LogP contribution in [0.5, 0.6) is 0 Å². The molecule has 22 heavy (non-hydrogen) atoms. The van der Waals surface area contributed by atoms with Crippen LogP contribution in [0.15, 0.2) is 24.3 Å². The Morgan fingerprint density at radius 1 is 1.09 bits per heavy atom. The summed E-state index contributed by atoms with van der Waals surface area (Å²) in [7, 11) is 0. The number of fused-ring (bicyclic) bond motifs is 1. The van der Waals surface area contributed by atoms with Crippen LogP contribution < -0.4 is 0 Å². The zero-order valence-electron chi connectivity index (χ0n) is 12.2. The van der Waals surface area contributed by atoms with E-state index in [0.717, 1.165) is 37.2 Å². The number of allylic oxidation sites excluding steroid dienone is 1. The second-order valence-corrected chi connectivity index (χ2v) is 5.31. The van der Waals surface area contributed by atoms with Crippen molar-refractivity contribution >= 4 is 11.6 Å². The van der Waals surface area contributed by atoms with Crippen molar-refractivity contribution in [1.82, 2.24) is 14.8 Å². The molecule has 0 saturated carbocycles. The molecule has 1 aliphatic heterocycles. The molecule has 0 N–H and O–H groups in total. The van der Waals surface area contributed by atoms with E-state index < -0.39 is 0 Å². The van der Waals surface area contributed by atoms with Crippen LogP contribution in [-0.2, 0) is 13.0 Å². The van der Waals surface area contributed by atoms with Gasteiger partial charge in [0.25, 0.3) is 0 Å². The maximum atomic E-state index is 9.48. The predicted octanol–water partition coefficient (Wildman–Crippen LogP) is 2.94. The van der Waals surface area contributed by atoms with Gasteiger partial charge in [-0.3, -0.25) is 0 Å². The van der Waals surface area contributed by atoms with Gasteiger partial charge in [-0.05, 0) is 36.6 Å². The highest BCUT2D eigenvalue weighted by molar-refractivity contribution is 5.87. The van der Waals surface area contributed by atoms with Gasteiger partial charge in [0.15, 0.2) is 5.82 Å². The molecule has 5 heteroatoms. The van der Waals surface area contributed by atoms with Crippen molar-refractivity contribution in [2.24, 2.45) is 0 Å². The number of hydrogen-bond donors (Lipinski definition) is 0. The third-order valence-electron chi connectivity index (χ3n) is 3.82. The summed E-state index contributed by atoms with van der Waals surface area (Å²) in [5, 5.41) is 26.7. The lowest BCUT2D eigenvalue weighted by Crippen LogP contribution is -2.05. The van der Waals surface area contributed by atoms with Crippen LogP contribution in [-0.4, -0.2) is 14.8 Å². The van der Waals surface area contributed by atoms with E-state index in [1.54, 1.807) is 18.2 Å². The summed E-state index contributed by atoms with van der Waals surface area (Å²) in [6.45, 7) is 0.865. The number of nitrogens with zero attached hydrogens (tertiary/aromatic N) is 5. The van der Waals surface area contributed by atoms with Gasteiger partial charge in [0.1, 0.15) is 11.9 Å². The largest absolute Gasteiger partial charge is 0.310 e. The Labute approximate surface area is 129 Å². The fourth-order valence-corrected chi connectivity index (χ4v) is 2.65. The third-order valence-corrected chi connectivity index (χ3v) is 3.82. The Kier molecular flexibility index (Phi) is 3.98. The Morgan fingerprint density at radius 3 is 2.64 bits per heavy atom. The lowest BCUT2D eigenvalue weighted by atomic mass is 10.1. The van der Waals surface area contributed by atoms with Crippen molar-refractivity contribution < 1.29 is 0 Å². The molecule has 0 radical (unpaired) electrons. The lowest BCUT2D eigenvalue weighted by molar-refractivity contribution is 0.627. The number of rotatable bonds is 2. The summed E-state index contributed by atoms with van der Waals surface area (Å²) >= 11 is 0. The molecule has 3 rings (SSSR count). The van der Waals surface area contributed by atoms with Crippen LogP contribution in [0.4, 0.5) is 0 Å². The number of aryl methyl sites for hydroxylation is 1. The fourth-order valence-electron chi connectivity index (χ4n) is 2.65. The molecule has 1 aromatic heterocycles. The van der Waals surface area contributed by atoms with Crippen molar-refractivity contribution in [2.45, 2.75) is 32.2 Å². The summed E-state index contributed by atoms with van der Waals surface area (Å²) < 4.78 is 2.06. The van der Waals surface area contributed by atoms with Crippen LogP contribution in [0.25, 0.3) is 11.6 Å². The van der Waals surface area contributed by atoms with Gasteiger partial charge in [-0.1, -0.05) is 18.6 Å². The fraction of sp³-hybridized carbons (Fsp3) is 0.294. The van der Waals surface area contributed by atoms with E-state index in [0.29, 0.717) is 17.0 Å². The van der Waals surface area contributed by atoms with Crippen molar-refractivity contribution in [3.63, 3.8) is 0 Å². The Morgan fingerprint density at radius 2 is 1.91 bits per heavy atom. The first-order chi connectivity index (χ1) is 10.8.